The zero-order valence-electron chi connectivity index (χ0n) is 24.6. The Bertz CT molecular complexity index is 701. The fourth-order valence-electron chi connectivity index (χ4n) is 2.74. The summed E-state index contributed by atoms with van der Waals surface area (Å²) < 4.78 is 53.8. The number of esters is 1. The molecule has 0 fully saturated rings. The molecule has 0 aliphatic rings. The van der Waals surface area contributed by atoms with Gasteiger partial charge in [-0.15, -0.1) is 0 Å². The Hall–Kier alpha value is -3.14. The van der Waals surface area contributed by atoms with Gasteiger partial charge in [0, 0.05) is 19.1 Å². The summed E-state index contributed by atoms with van der Waals surface area (Å²) in [6, 6.07) is 0. The van der Waals surface area contributed by atoms with E-state index in [2.05, 4.69) is 23.0 Å². The fraction of sp³-hybridized carbons (Fsp3) is 0.778. The molecule has 0 unspecified atom stereocenters. The molecule has 0 rings (SSSR count). The molecule has 0 saturated heterocycles. The molecular formula is C27H46O15. The molecule has 0 heterocycles. The molecule has 0 aromatic rings. The van der Waals surface area contributed by atoms with Crippen molar-refractivity contribution >= 4 is 24.4 Å². The molecule has 0 saturated carbocycles. The molecule has 42 heavy (non-hydrogen) atoms. The third-order valence-electron chi connectivity index (χ3n) is 4.88. The van der Waals surface area contributed by atoms with Crippen LogP contribution in [0.2, 0.25) is 0 Å². The molecule has 0 aliphatic heterocycles. The highest BCUT2D eigenvalue weighted by Crippen LogP contribution is 2.02. The molecule has 0 spiro atoms. The van der Waals surface area contributed by atoms with Crippen LogP contribution in [-0.4, -0.2) is 97.9 Å². The lowest BCUT2D eigenvalue weighted by molar-refractivity contribution is -0.147. The summed E-state index contributed by atoms with van der Waals surface area (Å²) in [5, 5.41) is 0. The fourth-order valence-corrected chi connectivity index (χ4v) is 2.74. The van der Waals surface area contributed by atoms with Crippen LogP contribution < -0.4 is 0 Å². The number of rotatable bonds is 28. The summed E-state index contributed by atoms with van der Waals surface area (Å²) in [5.41, 5.74) is 0. The van der Waals surface area contributed by atoms with E-state index in [4.69, 9.17) is 42.6 Å². The predicted molar refractivity (Wildman–Crippen MR) is 144 cm³/mol. The van der Waals surface area contributed by atoms with Crippen LogP contribution in [0.1, 0.15) is 64.7 Å². The van der Waals surface area contributed by atoms with Gasteiger partial charge in [0.05, 0.1) is 33.0 Å². The van der Waals surface area contributed by atoms with E-state index in [-0.39, 0.29) is 53.4 Å². The van der Waals surface area contributed by atoms with E-state index in [0.717, 1.165) is 38.2 Å². The quantitative estimate of drug-likeness (QED) is 0.0395. The minimum absolute atomic E-state index is 0.0345. The van der Waals surface area contributed by atoms with Gasteiger partial charge in [0.25, 0.3) is 0 Å². The van der Waals surface area contributed by atoms with E-state index in [0.29, 0.717) is 26.1 Å². The van der Waals surface area contributed by atoms with E-state index in [1.807, 2.05) is 0 Å². The Kier molecular flexibility index (Phi) is 28.5. The molecule has 0 amide bonds. The molecule has 0 atom stereocenters. The van der Waals surface area contributed by atoms with Gasteiger partial charge < -0.3 is 52.1 Å². The summed E-state index contributed by atoms with van der Waals surface area (Å²) in [4.78, 5) is 44.9. The average Bonchev–Trinajstić information content (AvgIpc) is 2.98. The van der Waals surface area contributed by atoms with Crippen LogP contribution in [0.5, 0.6) is 0 Å². The molecule has 15 heteroatoms. The summed E-state index contributed by atoms with van der Waals surface area (Å²) in [6.07, 6.45) is 6.07. The third kappa shape index (κ3) is 29.8. The summed E-state index contributed by atoms with van der Waals surface area (Å²) >= 11 is 0. The SMILES string of the molecule is C=CC(=O)OCOC(=O)OCCCCCCOCOC(=O)OCCCOCOC(=O)OCCOCOCCCCCC. The van der Waals surface area contributed by atoms with Gasteiger partial charge in [-0.3, -0.25) is 0 Å². The van der Waals surface area contributed by atoms with Crippen molar-refractivity contribution in [1.29, 1.82) is 0 Å². The monoisotopic (exact) mass is 610 g/mol. The summed E-state index contributed by atoms with van der Waals surface area (Å²) in [6.45, 7) is 6.09. The van der Waals surface area contributed by atoms with Crippen LogP contribution in [-0.2, 0) is 56.9 Å². The van der Waals surface area contributed by atoms with E-state index < -0.39 is 31.2 Å². The van der Waals surface area contributed by atoms with E-state index in [1.165, 1.54) is 12.8 Å². The second kappa shape index (κ2) is 30.8. The molecule has 0 aromatic heterocycles. The molecule has 15 nitrogen and oxygen atoms in total. The van der Waals surface area contributed by atoms with Crippen molar-refractivity contribution in [2.45, 2.75) is 64.7 Å². The van der Waals surface area contributed by atoms with Gasteiger partial charge >= 0.3 is 24.4 Å². The second-order valence-electron chi connectivity index (χ2n) is 8.33. The first-order chi connectivity index (χ1) is 20.5. The first kappa shape index (κ1) is 38.9. The number of hydrogen-bond donors (Lipinski definition) is 0. The predicted octanol–water partition coefficient (Wildman–Crippen LogP) is 4.60. The Morgan fingerprint density at radius 3 is 1.50 bits per heavy atom. The zero-order chi connectivity index (χ0) is 30.9. The lowest BCUT2D eigenvalue weighted by Crippen LogP contribution is -2.16. The van der Waals surface area contributed by atoms with Crippen molar-refractivity contribution in [3.05, 3.63) is 12.7 Å². The van der Waals surface area contributed by atoms with Crippen LogP contribution in [0.4, 0.5) is 14.4 Å². The van der Waals surface area contributed by atoms with Gasteiger partial charge in [-0.1, -0.05) is 39.2 Å². The molecule has 0 aromatic carbocycles. The Balaban J connectivity index is 3.33. The highest BCUT2D eigenvalue weighted by Gasteiger charge is 2.06. The maximum absolute atomic E-state index is 11.5. The van der Waals surface area contributed by atoms with Gasteiger partial charge in [0.15, 0.2) is 13.6 Å². The summed E-state index contributed by atoms with van der Waals surface area (Å²) in [7, 11) is 0. The Labute approximate surface area is 246 Å². The molecule has 0 aliphatic carbocycles. The van der Waals surface area contributed by atoms with E-state index in [9.17, 15) is 19.2 Å². The highest BCUT2D eigenvalue weighted by molar-refractivity contribution is 5.81. The highest BCUT2D eigenvalue weighted by atomic mass is 16.8. The van der Waals surface area contributed by atoms with Crippen LogP contribution in [0.15, 0.2) is 12.7 Å². The average molecular weight is 611 g/mol. The van der Waals surface area contributed by atoms with Crippen LogP contribution in [0.25, 0.3) is 0 Å². The first-order valence-corrected chi connectivity index (χ1v) is 14.0. The molecule has 0 radical (unpaired) electrons. The van der Waals surface area contributed by atoms with Gasteiger partial charge in [-0.05, 0) is 25.7 Å². The molecule has 0 N–H and O–H groups in total. The van der Waals surface area contributed by atoms with Gasteiger partial charge in [0.1, 0.15) is 13.4 Å². The topological polar surface area (TPSA) is 170 Å². The number of hydrogen-bond acceptors (Lipinski definition) is 15. The Morgan fingerprint density at radius 1 is 0.452 bits per heavy atom. The smallest absolute Gasteiger partial charge is 0.434 e. The lowest BCUT2D eigenvalue weighted by Gasteiger charge is -2.09. The standard InChI is InChI=1S/C27H46O15/c1-3-5-6-9-13-32-20-35-18-19-38-27(31)41-22-34-15-12-17-37-25(29)40-21-33-14-10-7-8-11-16-36-26(30)42-23-39-24(28)4-2/h4H,2-3,5-23H2,1H3. The van der Waals surface area contributed by atoms with E-state index >= 15 is 0 Å². The summed E-state index contributed by atoms with van der Waals surface area (Å²) in [5.74, 6) is -0.703. The van der Waals surface area contributed by atoms with Gasteiger partial charge in [0.2, 0.25) is 6.79 Å². The van der Waals surface area contributed by atoms with E-state index in [1.54, 1.807) is 0 Å². The van der Waals surface area contributed by atoms with Crippen molar-refractivity contribution in [3.63, 3.8) is 0 Å². The van der Waals surface area contributed by atoms with Crippen molar-refractivity contribution < 1.29 is 71.3 Å². The van der Waals surface area contributed by atoms with Crippen molar-refractivity contribution in [2.24, 2.45) is 0 Å². The van der Waals surface area contributed by atoms with Gasteiger partial charge in [-0.25, -0.2) is 19.2 Å². The molecule has 244 valence electrons. The van der Waals surface area contributed by atoms with Crippen LogP contribution in [0, 0.1) is 0 Å². The number of ether oxygens (including phenoxy) is 11. The lowest BCUT2D eigenvalue weighted by atomic mass is 10.2. The minimum Gasteiger partial charge on any atom is -0.434 e. The first-order valence-electron chi connectivity index (χ1n) is 14.0. The zero-order valence-corrected chi connectivity index (χ0v) is 24.6. The van der Waals surface area contributed by atoms with Gasteiger partial charge in [-0.2, -0.15) is 0 Å². The van der Waals surface area contributed by atoms with Crippen molar-refractivity contribution in [3.8, 4) is 0 Å². The van der Waals surface area contributed by atoms with Crippen LogP contribution in [0.3, 0.4) is 0 Å². The largest absolute Gasteiger partial charge is 0.511 e. The normalized spacial score (nSPS) is 10.4. The maximum atomic E-state index is 11.5. The minimum atomic E-state index is -0.926. The van der Waals surface area contributed by atoms with Crippen molar-refractivity contribution in [2.75, 3.05) is 73.4 Å². The molecule has 0 bridgehead atoms. The number of carbonyl (C=O) groups is 4. The number of unbranched alkanes of at least 4 members (excludes halogenated alkanes) is 6. The molecular weight excluding hydrogens is 564 g/mol. The third-order valence-corrected chi connectivity index (χ3v) is 4.88. The van der Waals surface area contributed by atoms with Crippen molar-refractivity contribution in [1.82, 2.24) is 0 Å². The second-order valence-corrected chi connectivity index (χ2v) is 8.33. The maximum Gasteiger partial charge on any atom is 0.511 e. The van der Waals surface area contributed by atoms with Crippen LogP contribution >= 0.6 is 0 Å². The number of carbonyl (C=O) groups excluding carboxylic acids is 4. The Morgan fingerprint density at radius 2 is 0.905 bits per heavy atom.